The van der Waals surface area contributed by atoms with Crippen LogP contribution in [0.25, 0.3) is 0 Å². The van der Waals surface area contributed by atoms with Crippen molar-refractivity contribution in [2.24, 2.45) is 0 Å². The lowest BCUT2D eigenvalue weighted by atomic mass is 10.1. The van der Waals surface area contributed by atoms with Crippen LogP contribution in [0.2, 0.25) is 0 Å². The molecule has 0 bridgehead atoms. The van der Waals surface area contributed by atoms with Crippen LogP contribution < -0.4 is 9.47 Å². The summed E-state index contributed by atoms with van der Waals surface area (Å²) in [6.07, 6.45) is 0. The zero-order valence-corrected chi connectivity index (χ0v) is 11.8. The third-order valence-electron chi connectivity index (χ3n) is 3.00. The zero-order chi connectivity index (χ0) is 13.8. The number of methoxy groups -OCH3 is 2. The average molecular weight is 283 g/mol. The molecule has 0 saturated carbocycles. The third kappa shape index (κ3) is 2.90. The lowest BCUT2D eigenvalue weighted by Crippen LogP contribution is -2.40. The molecule has 0 unspecified atom stereocenters. The fourth-order valence-electron chi connectivity index (χ4n) is 2.02. The van der Waals surface area contributed by atoms with Crippen molar-refractivity contribution >= 4 is 17.2 Å². The number of nitrogens with zero attached hydrogens (tertiary/aromatic N) is 1. The fraction of sp³-hybridized carbons (Fsp3) is 0.462. The highest BCUT2D eigenvalue weighted by molar-refractivity contribution is 7.80. The van der Waals surface area contributed by atoms with E-state index in [0.717, 1.165) is 18.7 Å². The van der Waals surface area contributed by atoms with E-state index in [2.05, 4.69) is 4.90 Å². The second-order valence-electron chi connectivity index (χ2n) is 4.14. The maximum Gasteiger partial charge on any atom is 0.203 e. The van der Waals surface area contributed by atoms with Gasteiger partial charge < -0.3 is 24.2 Å². The van der Waals surface area contributed by atoms with Crippen molar-refractivity contribution in [3.8, 4) is 17.2 Å². The van der Waals surface area contributed by atoms with E-state index in [1.165, 1.54) is 14.2 Å². The first-order chi connectivity index (χ1) is 9.17. The Morgan fingerprint density at radius 3 is 2.53 bits per heavy atom. The summed E-state index contributed by atoms with van der Waals surface area (Å²) in [5.74, 6) is 0.802. The van der Waals surface area contributed by atoms with Crippen LogP contribution in [0.1, 0.15) is 5.56 Å². The number of phenolic OH excluding ortho intramolecular Hbond substituents is 1. The quantitative estimate of drug-likeness (QED) is 0.847. The fourth-order valence-corrected chi connectivity index (χ4v) is 2.32. The third-order valence-corrected chi connectivity index (χ3v) is 3.50. The van der Waals surface area contributed by atoms with Crippen molar-refractivity contribution < 1.29 is 19.3 Å². The maximum absolute atomic E-state index is 9.94. The Morgan fingerprint density at radius 1 is 1.26 bits per heavy atom. The molecule has 6 heteroatoms. The van der Waals surface area contributed by atoms with Crippen LogP contribution in [0.5, 0.6) is 17.2 Å². The predicted molar refractivity (Wildman–Crippen MR) is 75.3 cm³/mol. The highest BCUT2D eigenvalue weighted by Gasteiger charge is 2.19. The summed E-state index contributed by atoms with van der Waals surface area (Å²) in [4.78, 5) is 2.74. The van der Waals surface area contributed by atoms with Gasteiger partial charge in [0.05, 0.1) is 27.4 Å². The Balaban J connectivity index is 2.29. The molecule has 0 radical (unpaired) electrons. The van der Waals surface area contributed by atoms with Crippen molar-refractivity contribution in [2.45, 2.75) is 0 Å². The molecule has 1 aromatic rings. The highest BCUT2D eigenvalue weighted by atomic mass is 32.1. The van der Waals surface area contributed by atoms with Crippen molar-refractivity contribution in [2.75, 3.05) is 40.5 Å². The van der Waals surface area contributed by atoms with Crippen LogP contribution in [-0.4, -0.2) is 55.5 Å². The van der Waals surface area contributed by atoms with Gasteiger partial charge in [0.15, 0.2) is 11.5 Å². The molecule has 1 fully saturated rings. The van der Waals surface area contributed by atoms with E-state index < -0.39 is 0 Å². The molecule has 0 aromatic heterocycles. The molecule has 1 aromatic carbocycles. The van der Waals surface area contributed by atoms with Gasteiger partial charge in [-0.05, 0) is 12.1 Å². The molecular weight excluding hydrogens is 266 g/mol. The van der Waals surface area contributed by atoms with Gasteiger partial charge in [0.25, 0.3) is 0 Å². The number of thiocarbonyl (C=S) groups is 1. The Bertz CT molecular complexity index is 472. The molecule has 0 amide bonds. The van der Waals surface area contributed by atoms with Crippen molar-refractivity contribution in [3.05, 3.63) is 17.7 Å². The first-order valence-electron chi connectivity index (χ1n) is 5.99. The van der Waals surface area contributed by atoms with Crippen LogP contribution in [0.4, 0.5) is 0 Å². The minimum absolute atomic E-state index is 0.0208. The summed E-state index contributed by atoms with van der Waals surface area (Å²) < 4.78 is 15.6. The SMILES string of the molecule is COc1cc(C(=S)N2CCOCC2)cc(O)c1OC. The summed E-state index contributed by atoms with van der Waals surface area (Å²) in [5, 5.41) is 9.94. The molecule has 2 rings (SSSR count). The second kappa shape index (κ2) is 6.08. The van der Waals surface area contributed by atoms with E-state index >= 15 is 0 Å². The first kappa shape index (κ1) is 13.9. The van der Waals surface area contributed by atoms with Gasteiger partial charge >= 0.3 is 0 Å². The summed E-state index contributed by atoms with van der Waals surface area (Å²) in [6.45, 7) is 2.85. The van der Waals surface area contributed by atoms with Crippen LogP contribution >= 0.6 is 12.2 Å². The predicted octanol–water partition coefficient (Wildman–Crippen LogP) is 1.42. The summed E-state index contributed by atoms with van der Waals surface area (Å²) in [6, 6.07) is 3.37. The lowest BCUT2D eigenvalue weighted by Gasteiger charge is -2.29. The Kier molecular flexibility index (Phi) is 4.44. The second-order valence-corrected chi connectivity index (χ2v) is 4.52. The Labute approximate surface area is 117 Å². The van der Waals surface area contributed by atoms with Gasteiger partial charge in [-0.3, -0.25) is 0 Å². The minimum Gasteiger partial charge on any atom is -0.504 e. The zero-order valence-electron chi connectivity index (χ0n) is 11.0. The normalized spacial score (nSPS) is 15.2. The van der Waals surface area contributed by atoms with Gasteiger partial charge in [-0.15, -0.1) is 0 Å². The van der Waals surface area contributed by atoms with Crippen LogP contribution in [0.15, 0.2) is 12.1 Å². The Morgan fingerprint density at radius 2 is 1.95 bits per heavy atom. The van der Waals surface area contributed by atoms with E-state index in [1.54, 1.807) is 12.1 Å². The summed E-state index contributed by atoms with van der Waals surface area (Å²) in [5.41, 5.74) is 0.743. The van der Waals surface area contributed by atoms with Crippen LogP contribution in [0, 0.1) is 0 Å². The van der Waals surface area contributed by atoms with E-state index in [-0.39, 0.29) is 5.75 Å². The largest absolute Gasteiger partial charge is 0.504 e. The van der Waals surface area contributed by atoms with Crippen LogP contribution in [0.3, 0.4) is 0 Å². The summed E-state index contributed by atoms with van der Waals surface area (Å²) >= 11 is 5.45. The molecule has 5 nitrogen and oxygen atoms in total. The number of hydrogen-bond donors (Lipinski definition) is 1. The standard InChI is InChI=1S/C13H17NO4S/c1-16-11-8-9(7-10(15)12(11)17-2)13(19)14-3-5-18-6-4-14/h7-8,15H,3-6H2,1-2H3. The average Bonchev–Trinajstić information content (AvgIpc) is 2.46. The van der Waals surface area contributed by atoms with Gasteiger partial charge in [0.2, 0.25) is 5.75 Å². The minimum atomic E-state index is 0.0208. The number of morpholine rings is 1. The van der Waals surface area contributed by atoms with Gasteiger partial charge in [-0.1, -0.05) is 12.2 Å². The topological polar surface area (TPSA) is 51.2 Å². The molecule has 1 N–H and O–H groups in total. The van der Waals surface area contributed by atoms with E-state index in [0.29, 0.717) is 29.7 Å². The van der Waals surface area contributed by atoms with Gasteiger partial charge in [-0.25, -0.2) is 0 Å². The number of aromatic hydroxyl groups is 1. The monoisotopic (exact) mass is 283 g/mol. The Hall–Kier alpha value is -1.53. The van der Waals surface area contributed by atoms with Crippen molar-refractivity contribution in [1.29, 1.82) is 0 Å². The molecule has 19 heavy (non-hydrogen) atoms. The molecule has 1 heterocycles. The first-order valence-corrected chi connectivity index (χ1v) is 6.40. The van der Waals surface area contributed by atoms with Crippen molar-refractivity contribution in [3.63, 3.8) is 0 Å². The van der Waals surface area contributed by atoms with Gasteiger partial charge in [-0.2, -0.15) is 0 Å². The molecule has 0 aliphatic carbocycles. The molecule has 1 aliphatic heterocycles. The number of benzene rings is 1. The highest BCUT2D eigenvalue weighted by Crippen LogP contribution is 2.37. The van der Waals surface area contributed by atoms with E-state index in [9.17, 15) is 5.11 Å². The molecule has 104 valence electrons. The molecule has 1 aliphatic rings. The number of hydrogen-bond acceptors (Lipinski definition) is 5. The van der Waals surface area contributed by atoms with E-state index in [4.69, 9.17) is 26.4 Å². The smallest absolute Gasteiger partial charge is 0.203 e. The van der Waals surface area contributed by atoms with Gasteiger partial charge in [0, 0.05) is 18.7 Å². The molecule has 0 spiro atoms. The van der Waals surface area contributed by atoms with E-state index in [1.807, 2.05) is 0 Å². The molecular formula is C13H17NO4S. The van der Waals surface area contributed by atoms with Crippen molar-refractivity contribution in [1.82, 2.24) is 4.90 Å². The summed E-state index contributed by atoms with van der Waals surface area (Å²) in [7, 11) is 3.01. The number of rotatable bonds is 3. The molecule has 0 atom stereocenters. The van der Waals surface area contributed by atoms with Gasteiger partial charge in [0.1, 0.15) is 4.99 Å². The number of phenols is 1. The lowest BCUT2D eigenvalue weighted by molar-refractivity contribution is 0.0693. The molecule has 1 saturated heterocycles. The van der Waals surface area contributed by atoms with Crippen LogP contribution in [-0.2, 0) is 4.74 Å². The maximum atomic E-state index is 9.94. The number of ether oxygens (including phenoxy) is 3.